The number of halogens is 1. The van der Waals surface area contributed by atoms with Crippen molar-refractivity contribution in [2.75, 3.05) is 0 Å². The zero-order valence-electron chi connectivity index (χ0n) is 12.9. The fraction of sp³-hybridized carbons (Fsp3) is 0. The summed E-state index contributed by atoms with van der Waals surface area (Å²) in [4.78, 5) is 3.64. The van der Waals surface area contributed by atoms with Gasteiger partial charge in [0.25, 0.3) is 0 Å². The quantitative estimate of drug-likeness (QED) is 0.329. The summed E-state index contributed by atoms with van der Waals surface area (Å²) in [7, 11) is 0. The standard InChI is InChI=1S/C22H14BrN/c23-17-8-11-18-16(12-17)7-10-20-19-9-6-15(13-21(19)24-22(18)20)14-4-2-1-3-5-14/h1-13,24H. The van der Waals surface area contributed by atoms with Crippen LogP contribution >= 0.6 is 15.9 Å². The number of rotatable bonds is 1. The maximum Gasteiger partial charge on any atom is 0.0544 e. The Kier molecular flexibility index (Phi) is 3.00. The Morgan fingerprint density at radius 2 is 1.42 bits per heavy atom. The first-order chi connectivity index (χ1) is 11.8. The molecule has 0 radical (unpaired) electrons. The summed E-state index contributed by atoms with van der Waals surface area (Å²) < 4.78 is 1.11. The third-order valence-electron chi connectivity index (χ3n) is 4.66. The largest absolute Gasteiger partial charge is 0.354 e. The van der Waals surface area contributed by atoms with E-state index in [1.807, 2.05) is 0 Å². The zero-order valence-corrected chi connectivity index (χ0v) is 14.5. The Morgan fingerprint density at radius 3 is 2.29 bits per heavy atom. The van der Waals surface area contributed by atoms with Crippen molar-refractivity contribution in [2.45, 2.75) is 0 Å². The Balaban J connectivity index is 1.82. The third kappa shape index (κ3) is 2.07. The minimum atomic E-state index is 1.11. The molecule has 5 aromatic rings. The minimum Gasteiger partial charge on any atom is -0.354 e. The Labute approximate surface area is 148 Å². The van der Waals surface area contributed by atoms with Gasteiger partial charge in [-0.15, -0.1) is 0 Å². The molecular weight excluding hydrogens is 358 g/mol. The predicted octanol–water partition coefficient (Wildman–Crippen LogP) is 6.90. The molecular formula is C22H14BrN. The smallest absolute Gasteiger partial charge is 0.0544 e. The highest BCUT2D eigenvalue weighted by molar-refractivity contribution is 9.10. The van der Waals surface area contributed by atoms with Crippen molar-refractivity contribution < 1.29 is 0 Å². The molecule has 0 atom stereocenters. The zero-order chi connectivity index (χ0) is 16.1. The van der Waals surface area contributed by atoms with Crippen molar-refractivity contribution in [1.82, 2.24) is 4.98 Å². The molecule has 0 saturated carbocycles. The van der Waals surface area contributed by atoms with E-state index in [2.05, 4.69) is 99.8 Å². The lowest BCUT2D eigenvalue weighted by Gasteiger charge is -2.01. The van der Waals surface area contributed by atoms with Crippen molar-refractivity contribution in [3.05, 3.63) is 83.3 Å². The van der Waals surface area contributed by atoms with Crippen LogP contribution in [-0.4, -0.2) is 4.98 Å². The Bertz CT molecular complexity index is 1200. The van der Waals surface area contributed by atoms with Crippen LogP contribution in [0.3, 0.4) is 0 Å². The van der Waals surface area contributed by atoms with Gasteiger partial charge in [0.05, 0.1) is 5.52 Å². The fourth-order valence-corrected chi connectivity index (χ4v) is 3.87. The van der Waals surface area contributed by atoms with Gasteiger partial charge in [0.2, 0.25) is 0 Å². The van der Waals surface area contributed by atoms with E-state index >= 15 is 0 Å². The molecule has 1 aromatic heterocycles. The van der Waals surface area contributed by atoms with Gasteiger partial charge in [-0.2, -0.15) is 0 Å². The number of aromatic nitrogens is 1. The van der Waals surface area contributed by atoms with Gasteiger partial charge in [0, 0.05) is 26.1 Å². The second-order valence-electron chi connectivity index (χ2n) is 6.10. The lowest BCUT2D eigenvalue weighted by atomic mass is 10.0. The first-order valence-electron chi connectivity index (χ1n) is 7.99. The summed E-state index contributed by atoms with van der Waals surface area (Å²) in [6.45, 7) is 0. The molecule has 0 aliphatic carbocycles. The van der Waals surface area contributed by atoms with E-state index in [-0.39, 0.29) is 0 Å². The molecule has 5 rings (SSSR count). The van der Waals surface area contributed by atoms with Crippen LogP contribution in [0.4, 0.5) is 0 Å². The second-order valence-corrected chi connectivity index (χ2v) is 7.02. The molecule has 1 heterocycles. The highest BCUT2D eigenvalue weighted by Gasteiger charge is 2.09. The van der Waals surface area contributed by atoms with Gasteiger partial charge in [0.1, 0.15) is 0 Å². The fourth-order valence-electron chi connectivity index (χ4n) is 3.49. The summed E-state index contributed by atoms with van der Waals surface area (Å²) in [5.41, 5.74) is 4.87. The Hall–Kier alpha value is -2.58. The van der Waals surface area contributed by atoms with E-state index in [0.717, 1.165) is 4.47 Å². The number of benzene rings is 4. The second kappa shape index (κ2) is 5.22. The third-order valence-corrected chi connectivity index (χ3v) is 5.15. The summed E-state index contributed by atoms with van der Waals surface area (Å²) in [6.07, 6.45) is 0. The maximum absolute atomic E-state index is 3.64. The van der Waals surface area contributed by atoms with Gasteiger partial charge >= 0.3 is 0 Å². The van der Waals surface area contributed by atoms with Gasteiger partial charge in [-0.05, 0) is 34.7 Å². The minimum absolute atomic E-state index is 1.11. The average molecular weight is 372 g/mol. The van der Waals surface area contributed by atoms with Crippen molar-refractivity contribution in [2.24, 2.45) is 0 Å². The van der Waals surface area contributed by atoms with Crippen LogP contribution in [0.2, 0.25) is 0 Å². The highest BCUT2D eigenvalue weighted by Crippen LogP contribution is 2.34. The number of aromatic amines is 1. The monoisotopic (exact) mass is 371 g/mol. The topological polar surface area (TPSA) is 15.8 Å². The molecule has 0 saturated heterocycles. The summed E-state index contributed by atoms with van der Waals surface area (Å²) >= 11 is 3.56. The molecule has 24 heavy (non-hydrogen) atoms. The van der Waals surface area contributed by atoms with E-state index in [0.29, 0.717) is 0 Å². The van der Waals surface area contributed by atoms with Crippen LogP contribution in [-0.2, 0) is 0 Å². The highest BCUT2D eigenvalue weighted by atomic mass is 79.9. The van der Waals surface area contributed by atoms with Crippen LogP contribution in [0.15, 0.2) is 83.3 Å². The SMILES string of the molecule is Brc1ccc2c(ccc3c4ccc(-c5ccccc5)cc4[nH]c23)c1. The van der Waals surface area contributed by atoms with E-state index in [4.69, 9.17) is 0 Å². The molecule has 0 aliphatic rings. The normalized spacial score (nSPS) is 11.5. The van der Waals surface area contributed by atoms with Crippen LogP contribution < -0.4 is 0 Å². The first kappa shape index (κ1) is 13.8. The Morgan fingerprint density at radius 1 is 0.625 bits per heavy atom. The number of fused-ring (bicyclic) bond motifs is 5. The van der Waals surface area contributed by atoms with Gasteiger partial charge in [-0.3, -0.25) is 0 Å². The predicted molar refractivity (Wildman–Crippen MR) is 106 cm³/mol. The average Bonchev–Trinajstić information content (AvgIpc) is 3.00. The molecule has 114 valence electrons. The molecule has 0 amide bonds. The van der Waals surface area contributed by atoms with Crippen LogP contribution in [0.5, 0.6) is 0 Å². The first-order valence-corrected chi connectivity index (χ1v) is 8.78. The van der Waals surface area contributed by atoms with Crippen LogP contribution in [0.25, 0.3) is 43.7 Å². The van der Waals surface area contributed by atoms with Gasteiger partial charge in [-0.1, -0.05) is 76.6 Å². The van der Waals surface area contributed by atoms with Crippen molar-refractivity contribution in [3.63, 3.8) is 0 Å². The van der Waals surface area contributed by atoms with Crippen LogP contribution in [0, 0.1) is 0 Å². The molecule has 2 heteroatoms. The van der Waals surface area contributed by atoms with E-state index in [9.17, 15) is 0 Å². The van der Waals surface area contributed by atoms with E-state index < -0.39 is 0 Å². The van der Waals surface area contributed by atoms with E-state index in [1.54, 1.807) is 0 Å². The maximum atomic E-state index is 3.64. The lowest BCUT2D eigenvalue weighted by Crippen LogP contribution is -1.77. The summed E-state index contributed by atoms with van der Waals surface area (Å²) in [5, 5.41) is 5.05. The molecule has 0 unspecified atom stereocenters. The van der Waals surface area contributed by atoms with Crippen LogP contribution in [0.1, 0.15) is 0 Å². The summed E-state index contributed by atoms with van der Waals surface area (Å²) in [6, 6.07) is 28.0. The molecule has 1 nitrogen and oxygen atoms in total. The molecule has 1 N–H and O–H groups in total. The molecule has 4 aromatic carbocycles. The summed E-state index contributed by atoms with van der Waals surface area (Å²) in [5.74, 6) is 0. The van der Waals surface area contributed by atoms with Crippen molar-refractivity contribution in [3.8, 4) is 11.1 Å². The van der Waals surface area contributed by atoms with Crippen molar-refractivity contribution in [1.29, 1.82) is 0 Å². The van der Waals surface area contributed by atoms with Gasteiger partial charge < -0.3 is 4.98 Å². The molecule has 0 fully saturated rings. The molecule has 0 bridgehead atoms. The number of nitrogens with one attached hydrogen (secondary N) is 1. The van der Waals surface area contributed by atoms with Gasteiger partial charge in [0.15, 0.2) is 0 Å². The van der Waals surface area contributed by atoms with Crippen molar-refractivity contribution >= 4 is 48.5 Å². The number of hydrogen-bond donors (Lipinski definition) is 1. The molecule has 0 aliphatic heterocycles. The molecule has 0 spiro atoms. The van der Waals surface area contributed by atoms with E-state index in [1.165, 1.54) is 43.7 Å². The number of H-pyrrole nitrogens is 1. The lowest BCUT2D eigenvalue weighted by molar-refractivity contribution is 1.55. The number of hydrogen-bond acceptors (Lipinski definition) is 0. The van der Waals surface area contributed by atoms with Gasteiger partial charge in [-0.25, -0.2) is 0 Å².